The Balaban J connectivity index is 2.87. The molecule has 0 heterocycles. The Morgan fingerprint density at radius 2 is 2.00 bits per heavy atom. The van der Waals surface area contributed by atoms with Gasteiger partial charge < -0.3 is 15.2 Å². The number of hydrogen-bond donors (Lipinski definition) is 3. The number of amides is 3. The van der Waals surface area contributed by atoms with Gasteiger partial charge in [0.05, 0.1) is 0 Å². The van der Waals surface area contributed by atoms with E-state index in [1.807, 2.05) is 5.32 Å². The van der Waals surface area contributed by atoms with Crippen LogP contribution in [0.4, 0.5) is 9.18 Å². The van der Waals surface area contributed by atoms with Crippen molar-refractivity contribution < 1.29 is 28.6 Å². The quantitative estimate of drug-likeness (QED) is 0.756. The number of carboxylic acids is 1. The number of ether oxygens (including phenoxy) is 1. The van der Waals surface area contributed by atoms with Crippen LogP contribution < -0.4 is 15.4 Å². The van der Waals surface area contributed by atoms with E-state index in [9.17, 15) is 18.8 Å². The highest BCUT2D eigenvalue weighted by Gasteiger charge is 2.20. The topological polar surface area (TPSA) is 105 Å². The summed E-state index contributed by atoms with van der Waals surface area (Å²) in [5.74, 6) is -3.11. The second-order valence-electron chi connectivity index (χ2n) is 3.77. The molecule has 0 aliphatic heterocycles. The summed E-state index contributed by atoms with van der Waals surface area (Å²) >= 11 is 0. The predicted octanol–water partition coefficient (Wildman–Crippen LogP) is 0.747. The highest BCUT2D eigenvalue weighted by atomic mass is 19.1. The van der Waals surface area contributed by atoms with Crippen molar-refractivity contribution in [2.45, 2.75) is 13.0 Å². The summed E-state index contributed by atoms with van der Waals surface area (Å²) in [5, 5.41) is 13.1. The zero-order chi connectivity index (χ0) is 15.3. The minimum Gasteiger partial charge on any atom is -0.480 e. The number of hydrogen-bond acceptors (Lipinski definition) is 4. The Hall–Kier alpha value is -2.64. The Bertz CT molecular complexity index is 547. The van der Waals surface area contributed by atoms with Crippen LogP contribution in [0.2, 0.25) is 0 Å². The fourth-order valence-corrected chi connectivity index (χ4v) is 1.29. The van der Waals surface area contributed by atoms with Crippen LogP contribution in [-0.4, -0.2) is 36.2 Å². The number of halogens is 1. The number of nitrogens with one attached hydrogen (secondary N) is 2. The van der Waals surface area contributed by atoms with Gasteiger partial charge in [-0.15, -0.1) is 0 Å². The third-order valence-electron chi connectivity index (χ3n) is 2.31. The second-order valence-corrected chi connectivity index (χ2v) is 3.77. The summed E-state index contributed by atoms with van der Waals surface area (Å²) in [6.07, 6.45) is -1.17. The van der Waals surface area contributed by atoms with Crippen LogP contribution in [0.25, 0.3) is 0 Å². The lowest BCUT2D eigenvalue weighted by molar-refractivity contribution is -0.126. The molecule has 3 amide bonds. The van der Waals surface area contributed by atoms with E-state index in [1.165, 1.54) is 14.0 Å². The van der Waals surface area contributed by atoms with Crippen molar-refractivity contribution >= 4 is 17.9 Å². The van der Waals surface area contributed by atoms with E-state index >= 15 is 0 Å². The van der Waals surface area contributed by atoms with Gasteiger partial charge in [-0.25, -0.2) is 14.0 Å². The third-order valence-corrected chi connectivity index (χ3v) is 2.31. The van der Waals surface area contributed by atoms with Crippen molar-refractivity contribution in [3.8, 4) is 5.75 Å². The van der Waals surface area contributed by atoms with Crippen LogP contribution in [0.5, 0.6) is 5.75 Å². The molecule has 0 saturated carbocycles. The molecule has 1 atom stereocenters. The molecule has 3 N–H and O–H groups in total. The van der Waals surface area contributed by atoms with Crippen molar-refractivity contribution in [2.75, 3.05) is 7.05 Å². The second kappa shape index (κ2) is 6.50. The summed E-state index contributed by atoms with van der Waals surface area (Å²) in [4.78, 5) is 33.4. The molecule has 0 spiro atoms. The van der Waals surface area contributed by atoms with Crippen LogP contribution in [-0.2, 0) is 4.79 Å². The fourth-order valence-electron chi connectivity index (χ4n) is 1.29. The van der Waals surface area contributed by atoms with Gasteiger partial charge in [0.2, 0.25) is 0 Å². The Kier molecular flexibility index (Phi) is 5.01. The monoisotopic (exact) mass is 284 g/mol. The Morgan fingerprint density at radius 1 is 1.35 bits per heavy atom. The number of benzene rings is 1. The lowest BCUT2D eigenvalue weighted by Gasteiger charge is -2.15. The molecule has 1 rings (SSSR count). The molecule has 108 valence electrons. The van der Waals surface area contributed by atoms with Gasteiger partial charge in [0.25, 0.3) is 5.91 Å². The van der Waals surface area contributed by atoms with E-state index < -0.39 is 29.8 Å². The van der Waals surface area contributed by atoms with E-state index in [0.29, 0.717) is 0 Å². The largest absolute Gasteiger partial charge is 0.480 e. The average Bonchev–Trinajstić information content (AvgIpc) is 2.38. The normalized spacial score (nSPS) is 11.3. The first-order valence-electron chi connectivity index (χ1n) is 5.57. The number of urea groups is 1. The average molecular weight is 284 g/mol. The first kappa shape index (κ1) is 15.4. The van der Waals surface area contributed by atoms with Crippen molar-refractivity contribution in [1.29, 1.82) is 0 Å². The minimum absolute atomic E-state index is 0.286. The molecule has 0 bridgehead atoms. The van der Waals surface area contributed by atoms with Gasteiger partial charge in [0.15, 0.2) is 6.10 Å². The Labute approximate surface area is 113 Å². The third kappa shape index (κ3) is 3.94. The molecule has 7 nitrogen and oxygen atoms in total. The molecule has 0 saturated heterocycles. The molecule has 0 aromatic heterocycles. The summed E-state index contributed by atoms with van der Waals surface area (Å²) in [7, 11) is 1.32. The van der Waals surface area contributed by atoms with E-state index in [4.69, 9.17) is 9.84 Å². The summed E-state index contributed by atoms with van der Waals surface area (Å²) in [6, 6.07) is 2.11. The van der Waals surface area contributed by atoms with Crippen LogP contribution >= 0.6 is 0 Å². The van der Waals surface area contributed by atoms with Crippen LogP contribution in [0.1, 0.15) is 17.3 Å². The maximum Gasteiger partial charge on any atom is 0.339 e. The van der Waals surface area contributed by atoms with E-state index in [1.54, 1.807) is 0 Å². The van der Waals surface area contributed by atoms with Gasteiger partial charge in [-0.2, -0.15) is 0 Å². The van der Waals surface area contributed by atoms with Crippen molar-refractivity contribution in [1.82, 2.24) is 10.6 Å². The summed E-state index contributed by atoms with van der Waals surface area (Å²) < 4.78 is 18.2. The molecule has 0 radical (unpaired) electrons. The predicted molar refractivity (Wildman–Crippen MR) is 66.0 cm³/mol. The summed E-state index contributed by atoms with van der Waals surface area (Å²) in [6.45, 7) is 1.30. The fraction of sp³-hybridized carbons (Fsp3) is 0.250. The van der Waals surface area contributed by atoms with E-state index in [2.05, 4.69) is 5.32 Å². The molecule has 0 aliphatic rings. The smallest absolute Gasteiger partial charge is 0.339 e. The van der Waals surface area contributed by atoms with Gasteiger partial charge in [-0.05, 0) is 19.1 Å². The molecule has 8 heteroatoms. The highest BCUT2D eigenvalue weighted by Crippen LogP contribution is 2.21. The molecule has 1 aromatic rings. The number of rotatable bonds is 4. The molecule has 1 unspecified atom stereocenters. The van der Waals surface area contributed by atoms with E-state index in [0.717, 1.165) is 18.2 Å². The molecular formula is C12H13FN2O5. The van der Waals surface area contributed by atoms with Crippen molar-refractivity contribution in [3.63, 3.8) is 0 Å². The summed E-state index contributed by atoms with van der Waals surface area (Å²) in [5.41, 5.74) is -0.286. The van der Waals surface area contributed by atoms with Gasteiger partial charge in [0, 0.05) is 13.1 Å². The zero-order valence-corrected chi connectivity index (χ0v) is 10.8. The standard InChI is InChI=1S/C12H13FN2O5/c1-6(10(16)15-12(19)14-2)20-9-5-7(13)3-4-8(9)11(17)18/h3-6H,1-2H3,(H,17,18)(H2,14,15,16,19). The maximum atomic E-state index is 13.1. The van der Waals surface area contributed by atoms with Gasteiger partial charge in [-0.3, -0.25) is 10.1 Å². The molecule has 1 aromatic carbocycles. The first-order valence-corrected chi connectivity index (χ1v) is 5.57. The maximum absolute atomic E-state index is 13.1. The zero-order valence-electron chi connectivity index (χ0n) is 10.8. The van der Waals surface area contributed by atoms with Gasteiger partial charge in [0.1, 0.15) is 17.1 Å². The van der Waals surface area contributed by atoms with Crippen molar-refractivity contribution in [3.05, 3.63) is 29.6 Å². The molecule has 20 heavy (non-hydrogen) atoms. The number of imide groups is 1. The first-order chi connectivity index (χ1) is 9.35. The minimum atomic E-state index is -1.32. The van der Waals surface area contributed by atoms with Crippen LogP contribution in [0, 0.1) is 5.82 Å². The SMILES string of the molecule is CNC(=O)NC(=O)C(C)Oc1cc(F)ccc1C(=O)O. The molecule has 0 aliphatic carbocycles. The van der Waals surface area contributed by atoms with Gasteiger partial charge in [-0.1, -0.05) is 0 Å². The number of aromatic carboxylic acids is 1. The Morgan fingerprint density at radius 3 is 2.55 bits per heavy atom. The number of carbonyl (C=O) groups is 3. The molecular weight excluding hydrogens is 271 g/mol. The lowest BCUT2D eigenvalue weighted by atomic mass is 10.2. The van der Waals surface area contributed by atoms with E-state index in [-0.39, 0.29) is 11.3 Å². The highest BCUT2D eigenvalue weighted by molar-refractivity contribution is 5.96. The lowest BCUT2D eigenvalue weighted by Crippen LogP contribution is -2.44. The number of carbonyl (C=O) groups excluding carboxylic acids is 2. The van der Waals surface area contributed by atoms with Crippen molar-refractivity contribution in [2.24, 2.45) is 0 Å². The number of carboxylic acid groups (broad SMARTS) is 1. The molecule has 0 fully saturated rings. The van der Waals surface area contributed by atoms with Gasteiger partial charge >= 0.3 is 12.0 Å². The van der Waals surface area contributed by atoms with Crippen LogP contribution in [0.15, 0.2) is 18.2 Å². The van der Waals surface area contributed by atoms with Crippen LogP contribution in [0.3, 0.4) is 0 Å².